The van der Waals surface area contributed by atoms with Crippen molar-refractivity contribution in [3.05, 3.63) is 45.1 Å². The van der Waals surface area contributed by atoms with Gasteiger partial charge >= 0.3 is 5.69 Å². The second-order valence-electron chi connectivity index (χ2n) is 5.45. The Bertz CT molecular complexity index is 1080. The first-order valence-electron chi connectivity index (χ1n) is 7.64. The molecule has 9 heteroatoms. The van der Waals surface area contributed by atoms with Gasteiger partial charge in [0.25, 0.3) is 5.56 Å². The fourth-order valence-electron chi connectivity index (χ4n) is 2.35. The molecule has 130 valence electrons. The van der Waals surface area contributed by atoms with Crippen molar-refractivity contribution in [2.24, 2.45) is 14.1 Å². The maximum absolute atomic E-state index is 12.2. The number of nitrogens with zero attached hydrogens (tertiary/aromatic N) is 3. The molecule has 2 heterocycles. The van der Waals surface area contributed by atoms with Crippen molar-refractivity contribution >= 4 is 34.5 Å². The van der Waals surface area contributed by atoms with Crippen LogP contribution in [0.25, 0.3) is 11.2 Å². The van der Waals surface area contributed by atoms with Crippen LogP contribution >= 0.6 is 11.8 Å². The van der Waals surface area contributed by atoms with Crippen LogP contribution in [0.1, 0.15) is 13.3 Å². The largest absolute Gasteiger partial charge is 0.332 e. The number of hydrogen-bond acceptors (Lipinski definition) is 5. The predicted octanol–water partition coefficient (Wildman–Crippen LogP) is 1.46. The van der Waals surface area contributed by atoms with E-state index in [2.05, 4.69) is 15.3 Å². The Morgan fingerprint density at radius 1 is 1.24 bits per heavy atom. The molecule has 2 aromatic heterocycles. The molecule has 1 amide bonds. The van der Waals surface area contributed by atoms with Crippen molar-refractivity contribution in [1.29, 1.82) is 0 Å². The molecule has 1 aromatic carbocycles. The smallest absolute Gasteiger partial charge is 0.327 e. The van der Waals surface area contributed by atoms with Gasteiger partial charge in [0.2, 0.25) is 5.91 Å². The lowest BCUT2D eigenvalue weighted by Crippen LogP contribution is -2.36. The molecule has 0 aliphatic rings. The number of nitrogens with one attached hydrogen (secondary N) is 2. The number of anilines is 1. The standard InChI is InChI=1S/C16H17N5O3S/c1-4-11(22)17-9-7-5-6-8-10(9)25-15-18-12-13(19-15)20(2)16(24)21(3)14(12)23/h5-8H,4H2,1-3H3,(H,17,22)(H,18,19). The summed E-state index contributed by atoms with van der Waals surface area (Å²) in [5.41, 5.74) is 0.371. The topological polar surface area (TPSA) is 102 Å². The van der Waals surface area contributed by atoms with Crippen molar-refractivity contribution < 1.29 is 4.79 Å². The van der Waals surface area contributed by atoms with Crippen LogP contribution in [0, 0.1) is 0 Å². The van der Waals surface area contributed by atoms with Gasteiger partial charge in [-0.05, 0) is 23.9 Å². The molecule has 2 N–H and O–H groups in total. The lowest BCUT2D eigenvalue weighted by atomic mass is 10.3. The Morgan fingerprint density at radius 3 is 2.68 bits per heavy atom. The second kappa shape index (κ2) is 6.60. The SMILES string of the molecule is CCC(=O)Nc1ccccc1Sc1nc2c([nH]1)c(=O)n(C)c(=O)n2C. The maximum atomic E-state index is 12.2. The van der Waals surface area contributed by atoms with Gasteiger partial charge in [-0.2, -0.15) is 0 Å². The third-order valence-electron chi connectivity index (χ3n) is 3.76. The van der Waals surface area contributed by atoms with E-state index >= 15 is 0 Å². The number of hydrogen-bond donors (Lipinski definition) is 2. The van der Waals surface area contributed by atoms with Crippen LogP contribution < -0.4 is 16.6 Å². The molecule has 0 aliphatic heterocycles. The molecule has 0 aliphatic carbocycles. The van der Waals surface area contributed by atoms with Crippen LogP contribution in [-0.2, 0) is 18.9 Å². The van der Waals surface area contributed by atoms with E-state index in [1.165, 1.54) is 23.4 Å². The highest BCUT2D eigenvalue weighted by molar-refractivity contribution is 7.99. The number of benzene rings is 1. The molecule has 0 atom stereocenters. The quantitative estimate of drug-likeness (QED) is 0.734. The zero-order valence-electron chi connectivity index (χ0n) is 14.0. The summed E-state index contributed by atoms with van der Waals surface area (Å²) >= 11 is 1.28. The van der Waals surface area contributed by atoms with Crippen molar-refractivity contribution in [2.45, 2.75) is 23.4 Å². The number of aryl methyl sites for hydroxylation is 1. The number of fused-ring (bicyclic) bond motifs is 1. The summed E-state index contributed by atoms with van der Waals surface area (Å²) in [5, 5.41) is 3.30. The molecular formula is C16H17N5O3S. The van der Waals surface area contributed by atoms with Gasteiger partial charge in [0.1, 0.15) is 0 Å². The van der Waals surface area contributed by atoms with Crippen molar-refractivity contribution in [3.63, 3.8) is 0 Å². The van der Waals surface area contributed by atoms with E-state index in [0.717, 1.165) is 9.46 Å². The lowest BCUT2D eigenvalue weighted by Gasteiger charge is -2.08. The normalized spacial score (nSPS) is 11.0. The average Bonchev–Trinajstić information content (AvgIpc) is 3.03. The van der Waals surface area contributed by atoms with Crippen LogP contribution in [0.5, 0.6) is 0 Å². The van der Waals surface area contributed by atoms with Gasteiger partial charge in [-0.1, -0.05) is 19.1 Å². The summed E-state index contributed by atoms with van der Waals surface area (Å²) in [5.74, 6) is -0.0890. The summed E-state index contributed by atoms with van der Waals surface area (Å²) < 4.78 is 2.35. The minimum atomic E-state index is -0.434. The highest BCUT2D eigenvalue weighted by Gasteiger charge is 2.15. The van der Waals surface area contributed by atoms with Crippen LogP contribution in [0.2, 0.25) is 0 Å². The third-order valence-corrected chi connectivity index (χ3v) is 4.72. The molecule has 0 unspecified atom stereocenters. The fraction of sp³-hybridized carbons (Fsp3) is 0.250. The van der Waals surface area contributed by atoms with E-state index < -0.39 is 11.2 Å². The minimum Gasteiger partial charge on any atom is -0.327 e. The highest BCUT2D eigenvalue weighted by Crippen LogP contribution is 2.32. The summed E-state index contributed by atoms with van der Waals surface area (Å²) in [7, 11) is 2.99. The first-order chi connectivity index (χ1) is 11.9. The number of rotatable bonds is 4. The number of carbonyl (C=O) groups is 1. The van der Waals surface area contributed by atoms with Crippen LogP contribution in [0.3, 0.4) is 0 Å². The second-order valence-corrected chi connectivity index (χ2v) is 6.48. The number of aromatic amines is 1. The van der Waals surface area contributed by atoms with Gasteiger partial charge < -0.3 is 10.3 Å². The number of H-pyrrole nitrogens is 1. The van der Waals surface area contributed by atoms with Crippen LogP contribution in [0.4, 0.5) is 5.69 Å². The number of amides is 1. The van der Waals surface area contributed by atoms with Gasteiger partial charge in [0.05, 0.1) is 5.69 Å². The summed E-state index contributed by atoms with van der Waals surface area (Å²) in [6.45, 7) is 1.78. The van der Waals surface area contributed by atoms with E-state index in [4.69, 9.17) is 0 Å². The van der Waals surface area contributed by atoms with E-state index in [9.17, 15) is 14.4 Å². The molecule has 8 nitrogen and oxygen atoms in total. The van der Waals surface area contributed by atoms with Gasteiger partial charge in [0.15, 0.2) is 16.3 Å². The zero-order valence-corrected chi connectivity index (χ0v) is 14.8. The summed E-state index contributed by atoms with van der Waals surface area (Å²) in [6.07, 6.45) is 0.377. The minimum absolute atomic E-state index is 0.0890. The molecule has 3 aromatic rings. The van der Waals surface area contributed by atoms with Gasteiger partial charge in [-0.25, -0.2) is 9.78 Å². The van der Waals surface area contributed by atoms with Crippen molar-refractivity contribution in [2.75, 3.05) is 5.32 Å². The van der Waals surface area contributed by atoms with Crippen molar-refractivity contribution in [1.82, 2.24) is 19.1 Å². The average molecular weight is 359 g/mol. The van der Waals surface area contributed by atoms with Crippen LogP contribution in [0.15, 0.2) is 43.9 Å². The molecule has 0 fully saturated rings. The zero-order chi connectivity index (χ0) is 18.1. The number of para-hydroxylation sites is 1. The lowest BCUT2D eigenvalue weighted by molar-refractivity contribution is -0.115. The Hall–Kier alpha value is -2.81. The molecule has 0 spiro atoms. The van der Waals surface area contributed by atoms with E-state index in [1.54, 1.807) is 20.0 Å². The third kappa shape index (κ3) is 3.10. The van der Waals surface area contributed by atoms with Gasteiger partial charge in [-0.3, -0.25) is 18.7 Å². The van der Waals surface area contributed by atoms with Crippen molar-refractivity contribution in [3.8, 4) is 0 Å². The number of carbonyl (C=O) groups excluding carboxylic acids is 1. The Kier molecular flexibility index (Phi) is 4.49. The van der Waals surface area contributed by atoms with Gasteiger partial charge in [-0.15, -0.1) is 0 Å². The maximum Gasteiger partial charge on any atom is 0.332 e. The number of imidazole rings is 1. The monoisotopic (exact) mass is 359 g/mol. The molecular weight excluding hydrogens is 342 g/mol. The van der Waals surface area contributed by atoms with E-state index in [-0.39, 0.29) is 11.4 Å². The Morgan fingerprint density at radius 2 is 1.96 bits per heavy atom. The fourth-order valence-corrected chi connectivity index (χ4v) is 3.22. The molecule has 25 heavy (non-hydrogen) atoms. The number of aromatic nitrogens is 4. The van der Waals surface area contributed by atoms with Gasteiger partial charge in [0, 0.05) is 25.4 Å². The molecule has 0 saturated carbocycles. The summed E-state index contributed by atoms with van der Waals surface area (Å²) in [6, 6.07) is 7.32. The van der Waals surface area contributed by atoms with E-state index in [0.29, 0.717) is 22.9 Å². The molecule has 0 bridgehead atoms. The Labute approximate surface area is 146 Å². The van der Waals surface area contributed by atoms with Crippen LogP contribution in [-0.4, -0.2) is 25.0 Å². The first-order valence-corrected chi connectivity index (χ1v) is 8.46. The Balaban J connectivity index is 2.04. The predicted molar refractivity (Wildman–Crippen MR) is 96.1 cm³/mol. The summed E-state index contributed by atoms with van der Waals surface area (Å²) in [4.78, 5) is 44.0. The molecule has 3 rings (SSSR count). The highest BCUT2D eigenvalue weighted by atomic mass is 32.2. The molecule has 0 radical (unpaired) electrons. The first kappa shape index (κ1) is 17.0. The molecule has 0 saturated heterocycles. The van der Waals surface area contributed by atoms with E-state index in [1.807, 2.05) is 18.2 Å².